The minimum absolute atomic E-state index is 0. The fourth-order valence-corrected chi connectivity index (χ4v) is 2.57. The van der Waals surface area contributed by atoms with Crippen LogP contribution in [0.5, 0.6) is 0 Å². The van der Waals surface area contributed by atoms with Crippen LogP contribution in [0.15, 0.2) is 48.5 Å². The molecule has 2 heteroatoms. The summed E-state index contributed by atoms with van der Waals surface area (Å²) in [4.78, 5) is 2.25. The van der Waals surface area contributed by atoms with Crippen LogP contribution < -0.4 is 0 Å². The van der Waals surface area contributed by atoms with E-state index < -0.39 is 0 Å². The summed E-state index contributed by atoms with van der Waals surface area (Å²) in [7, 11) is 2.11. The topological polar surface area (TPSA) is 8.17 Å². The minimum atomic E-state index is 0. The molecular weight excluding hydrogens is 328 g/mol. The highest BCUT2D eigenvalue weighted by atomic mass is 15.1. The van der Waals surface area contributed by atoms with Gasteiger partial charge in [0.1, 0.15) is 0 Å². The molecule has 0 aliphatic heterocycles. The van der Waals surface area contributed by atoms with Crippen molar-refractivity contribution in [1.82, 2.24) is 9.47 Å². The highest BCUT2D eigenvalue weighted by Crippen LogP contribution is 2.28. The largest absolute Gasteiger partial charge is 0.341 e. The van der Waals surface area contributed by atoms with Crippen molar-refractivity contribution < 1.29 is 0 Å². The maximum absolute atomic E-state index is 2.37. The van der Waals surface area contributed by atoms with Gasteiger partial charge in [0, 0.05) is 28.4 Å². The Morgan fingerprint density at radius 2 is 1.00 bits per heavy atom. The van der Waals surface area contributed by atoms with E-state index in [9.17, 15) is 0 Å². The standard InChI is InChI=1S/C14H13N.C5H13N.2C2H6.2CH4/c1-2-15-13-9-5-3-7-11(13)12-8-4-6-10-14(12)15;1-4-6(3)5-2;2*1-2;;/h3-10H,2H2,1H3;4-5H2,1-3H3;2*1-2H3;2*1H4. The van der Waals surface area contributed by atoms with Crippen LogP contribution in [0.3, 0.4) is 0 Å². The lowest BCUT2D eigenvalue weighted by atomic mass is 10.2. The molecule has 0 N–H and O–H groups in total. The number of benzene rings is 2. The van der Waals surface area contributed by atoms with Crippen LogP contribution in [0.25, 0.3) is 21.8 Å². The average Bonchev–Trinajstić information content (AvgIpc) is 3.04. The summed E-state index contributed by atoms with van der Waals surface area (Å²) >= 11 is 0. The first-order chi connectivity index (χ1) is 12.2. The number of hydrogen-bond donors (Lipinski definition) is 0. The average molecular weight is 375 g/mol. The van der Waals surface area contributed by atoms with Crippen molar-refractivity contribution in [3.63, 3.8) is 0 Å². The number of aromatic nitrogens is 1. The van der Waals surface area contributed by atoms with Crippen molar-refractivity contribution in [2.45, 2.75) is 69.9 Å². The van der Waals surface area contributed by atoms with Gasteiger partial charge in [-0.05, 0) is 39.2 Å². The molecule has 0 aliphatic rings. The summed E-state index contributed by atoms with van der Waals surface area (Å²) in [5.41, 5.74) is 2.67. The van der Waals surface area contributed by atoms with E-state index >= 15 is 0 Å². The van der Waals surface area contributed by atoms with E-state index in [0.29, 0.717) is 0 Å². The summed E-state index contributed by atoms with van der Waals surface area (Å²) < 4.78 is 2.37. The highest BCUT2D eigenvalue weighted by Gasteiger charge is 2.06. The molecule has 0 atom stereocenters. The van der Waals surface area contributed by atoms with Gasteiger partial charge in [-0.1, -0.05) is 92.8 Å². The second-order valence-electron chi connectivity index (χ2n) is 5.27. The SMILES string of the molecule is C.C.CC.CC.CCN(C)CC.CCn1c2ccccc2c2ccccc21. The fraction of sp³-hybridized carbons (Fsp3) is 0.520. The zero-order chi connectivity index (χ0) is 19.2. The van der Waals surface area contributed by atoms with Crippen molar-refractivity contribution in [3.8, 4) is 0 Å². The predicted octanol–water partition coefficient (Wildman–Crippen LogP) is 8.10. The van der Waals surface area contributed by atoms with Crippen LogP contribution >= 0.6 is 0 Å². The molecule has 2 nitrogen and oxygen atoms in total. The quantitative estimate of drug-likeness (QED) is 0.449. The summed E-state index contributed by atoms with van der Waals surface area (Å²) in [6.07, 6.45) is 0. The van der Waals surface area contributed by atoms with Gasteiger partial charge in [-0.15, -0.1) is 0 Å². The molecular formula is C25H46N2. The Bertz CT molecular complexity index is 640. The third-order valence-corrected chi connectivity index (χ3v) is 4.08. The van der Waals surface area contributed by atoms with E-state index in [1.165, 1.54) is 21.8 Å². The fourth-order valence-electron chi connectivity index (χ4n) is 2.57. The number of para-hydroxylation sites is 2. The van der Waals surface area contributed by atoms with E-state index in [-0.39, 0.29) is 14.9 Å². The Hall–Kier alpha value is -1.80. The Morgan fingerprint density at radius 3 is 1.26 bits per heavy atom. The maximum atomic E-state index is 2.37. The van der Waals surface area contributed by atoms with Gasteiger partial charge in [-0.25, -0.2) is 0 Å². The number of rotatable bonds is 3. The third-order valence-electron chi connectivity index (χ3n) is 4.08. The van der Waals surface area contributed by atoms with Crippen molar-refractivity contribution in [2.75, 3.05) is 20.1 Å². The van der Waals surface area contributed by atoms with Crippen molar-refractivity contribution >= 4 is 21.8 Å². The van der Waals surface area contributed by atoms with Crippen LogP contribution in [0.2, 0.25) is 0 Å². The molecule has 156 valence electrons. The van der Waals surface area contributed by atoms with Crippen LogP contribution in [0, 0.1) is 0 Å². The summed E-state index contributed by atoms with van der Waals surface area (Å²) in [6, 6.07) is 17.2. The predicted molar refractivity (Wildman–Crippen MR) is 130 cm³/mol. The smallest absolute Gasteiger partial charge is 0.0491 e. The zero-order valence-electron chi connectivity index (χ0n) is 17.6. The van der Waals surface area contributed by atoms with E-state index in [0.717, 1.165) is 19.6 Å². The van der Waals surface area contributed by atoms with E-state index in [2.05, 4.69) is 85.8 Å². The molecule has 0 unspecified atom stereocenters. The zero-order valence-corrected chi connectivity index (χ0v) is 17.6. The Balaban J connectivity index is -0.000000416. The molecule has 0 fully saturated rings. The van der Waals surface area contributed by atoms with Crippen molar-refractivity contribution in [2.24, 2.45) is 0 Å². The van der Waals surface area contributed by atoms with E-state index in [4.69, 9.17) is 0 Å². The molecule has 3 rings (SSSR count). The third kappa shape index (κ3) is 8.17. The molecule has 0 amide bonds. The van der Waals surface area contributed by atoms with Gasteiger partial charge >= 0.3 is 0 Å². The number of nitrogens with zero attached hydrogens (tertiary/aromatic N) is 2. The molecule has 1 heterocycles. The van der Waals surface area contributed by atoms with Crippen LogP contribution in [0.4, 0.5) is 0 Å². The number of fused-ring (bicyclic) bond motifs is 3. The summed E-state index contributed by atoms with van der Waals surface area (Å²) in [6.45, 7) is 17.9. The van der Waals surface area contributed by atoms with Gasteiger partial charge in [0.25, 0.3) is 0 Å². The van der Waals surface area contributed by atoms with Gasteiger partial charge in [0.05, 0.1) is 0 Å². The summed E-state index contributed by atoms with van der Waals surface area (Å²) in [5.74, 6) is 0. The van der Waals surface area contributed by atoms with Crippen LogP contribution in [0.1, 0.15) is 63.3 Å². The summed E-state index contributed by atoms with van der Waals surface area (Å²) in [5, 5.41) is 2.71. The Labute approximate surface area is 170 Å². The number of aryl methyl sites for hydroxylation is 1. The second-order valence-corrected chi connectivity index (χ2v) is 5.27. The normalized spacial score (nSPS) is 8.93. The van der Waals surface area contributed by atoms with Gasteiger partial charge in [-0.2, -0.15) is 0 Å². The lowest BCUT2D eigenvalue weighted by molar-refractivity contribution is 0.373. The van der Waals surface area contributed by atoms with E-state index in [1.807, 2.05) is 27.7 Å². The first-order valence-corrected chi connectivity index (χ1v) is 9.87. The van der Waals surface area contributed by atoms with E-state index in [1.54, 1.807) is 0 Å². The molecule has 2 aromatic carbocycles. The Kier molecular flexibility index (Phi) is 19.5. The molecule has 3 aromatic rings. The molecule has 0 saturated carbocycles. The van der Waals surface area contributed by atoms with Gasteiger partial charge in [-0.3, -0.25) is 0 Å². The lowest BCUT2D eigenvalue weighted by Gasteiger charge is -2.07. The van der Waals surface area contributed by atoms with Gasteiger partial charge < -0.3 is 9.47 Å². The molecule has 0 radical (unpaired) electrons. The molecule has 0 saturated heterocycles. The maximum Gasteiger partial charge on any atom is 0.0491 e. The number of hydrogen-bond acceptors (Lipinski definition) is 1. The van der Waals surface area contributed by atoms with Gasteiger partial charge in [0.15, 0.2) is 0 Å². The minimum Gasteiger partial charge on any atom is -0.341 e. The highest BCUT2D eigenvalue weighted by molar-refractivity contribution is 6.07. The van der Waals surface area contributed by atoms with Crippen molar-refractivity contribution in [3.05, 3.63) is 48.5 Å². The first-order valence-electron chi connectivity index (χ1n) is 9.87. The molecule has 0 aliphatic carbocycles. The molecule has 1 aromatic heterocycles. The lowest BCUT2D eigenvalue weighted by Crippen LogP contribution is -2.15. The second kappa shape index (κ2) is 17.6. The molecule has 0 spiro atoms. The molecule has 27 heavy (non-hydrogen) atoms. The van der Waals surface area contributed by atoms with Crippen LogP contribution in [-0.4, -0.2) is 29.6 Å². The van der Waals surface area contributed by atoms with Gasteiger partial charge in [0.2, 0.25) is 0 Å². The Morgan fingerprint density at radius 1 is 0.667 bits per heavy atom. The monoisotopic (exact) mass is 374 g/mol. The van der Waals surface area contributed by atoms with Crippen molar-refractivity contribution in [1.29, 1.82) is 0 Å². The first kappa shape index (κ1) is 29.9. The molecule has 0 bridgehead atoms. The van der Waals surface area contributed by atoms with Crippen LogP contribution in [-0.2, 0) is 6.54 Å².